The van der Waals surface area contributed by atoms with Crippen molar-refractivity contribution in [2.45, 2.75) is 26.0 Å². The van der Waals surface area contributed by atoms with Gasteiger partial charge in [-0.15, -0.1) is 0 Å². The van der Waals surface area contributed by atoms with Crippen LogP contribution in [-0.2, 0) is 22.5 Å². The van der Waals surface area contributed by atoms with Crippen molar-refractivity contribution in [1.29, 1.82) is 0 Å². The van der Waals surface area contributed by atoms with E-state index in [-0.39, 0.29) is 11.9 Å². The van der Waals surface area contributed by atoms with Gasteiger partial charge in [0.05, 0.1) is 13.2 Å². The molecule has 1 atom stereocenters. The number of methoxy groups -OCH3 is 1. The highest BCUT2D eigenvalue weighted by atomic mass is 16.5. The Kier molecular flexibility index (Phi) is 5.27. The van der Waals surface area contributed by atoms with E-state index in [0.717, 1.165) is 17.7 Å². The van der Waals surface area contributed by atoms with Gasteiger partial charge in [-0.3, -0.25) is 9.78 Å². The van der Waals surface area contributed by atoms with Crippen LogP contribution in [-0.4, -0.2) is 42.7 Å². The molecule has 6 nitrogen and oxygen atoms in total. The number of ether oxygens (including phenoxy) is 2. The molecule has 0 N–H and O–H groups in total. The summed E-state index contributed by atoms with van der Waals surface area (Å²) < 4.78 is 16.5. The number of hydrogen-bond donors (Lipinski definition) is 0. The van der Waals surface area contributed by atoms with Crippen molar-refractivity contribution >= 4 is 5.91 Å². The number of morpholine rings is 1. The van der Waals surface area contributed by atoms with Gasteiger partial charge < -0.3 is 18.8 Å². The Morgan fingerprint density at radius 2 is 2.29 bits per heavy atom. The number of carbonyl (C=O) groups excluding carboxylic acids is 1. The van der Waals surface area contributed by atoms with E-state index in [1.807, 2.05) is 31.2 Å². The van der Waals surface area contributed by atoms with E-state index in [9.17, 15) is 4.79 Å². The van der Waals surface area contributed by atoms with Crippen molar-refractivity contribution in [1.82, 2.24) is 9.88 Å². The summed E-state index contributed by atoms with van der Waals surface area (Å²) in [7, 11) is 1.62. The topological polar surface area (TPSA) is 64.8 Å². The molecule has 1 unspecified atom stereocenters. The van der Waals surface area contributed by atoms with Gasteiger partial charge in [0.25, 0.3) is 5.91 Å². The molecule has 1 aliphatic rings. The lowest BCUT2D eigenvalue weighted by Crippen LogP contribution is -2.43. The van der Waals surface area contributed by atoms with Crippen LogP contribution in [0, 0.1) is 0 Å². The highest BCUT2D eigenvalue weighted by Gasteiger charge is 2.32. The van der Waals surface area contributed by atoms with Gasteiger partial charge in [0.2, 0.25) is 0 Å². The Morgan fingerprint density at radius 1 is 1.42 bits per heavy atom. The minimum Gasteiger partial charge on any atom is -0.461 e. The van der Waals surface area contributed by atoms with Crippen LogP contribution in [0.15, 0.2) is 34.9 Å². The zero-order chi connectivity index (χ0) is 16.9. The summed E-state index contributed by atoms with van der Waals surface area (Å²) in [5.41, 5.74) is 1.46. The monoisotopic (exact) mass is 330 g/mol. The van der Waals surface area contributed by atoms with Crippen LogP contribution in [0.1, 0.15) is 40.5 Å². The molecule has 0 bridgehead atoms. The molecule has 1 aliphatic heterocycles. The Balaban J connectivity index is 1.87. The molecule has 2 aromatic heterocycles. The van der Waals surface area contributed by atoms with Crippen molar-refractivity contribution in [2.75, 3.05) is 26.9 Å². The Morgan fingerprint density at radius 3 is 3.08 bits per heavy atom. The number of pyridine rings is 1. The maximum atomic E-state index is 13.0. The summed E-state index contributed by atoms with van der Waals surface area (Å²) in [5, 5.41) is 0. The molecule has 6 heteroatoms. The summed E-state index contributed by atoms with van der Waals surface area (Å²) in [6.45, 7) is 3.88. The number of hydrogen-bond acceptors (Lipinski definition) is 5. The highest BCUT2D eigenvalue weighted by Crippen LogP contribution is 2.28. The summed E-state index contributed by atoms with van der Waals surface area (Å²) in [5.74, 6) is 1.37. The van der Waals surface area contributed by atoms with E-state index in [0.29, 0.717) is 37.8 Å². The average Bonchev–Trinajstić information content (AvgIpc) is 3.10. The maximum Gasteiger partial charge on any atom is 0.273 e. The second-order valence-corrected chi connectivity index (χ2v) is 5.69. The standard InChI is InChI=1S/C18H22N2O4/c1-3-13-5-4-8-19-17(13)18(21)20-9-10-23-12-15(20)16-7-6-14(24-16)11-22-2/h4-8,15H,3,9-12H2,1-2H3. The van der Waals surface area contributed by atoms with Crippen LogP contribution in [0.2, 0.25) is 0 Å². The molecular weight excluding hydrogens is 308 g/mol. The average molecular weight is 330 g/mol. The first-order chi connectivity index (χ1) is 11.7. The normalized spacial score (nSPS) is 17.9. The summed E-state index contributed by atoms with van der Waals surface area (Å²) in [4.78, 5) is 19.1. The lowest BCUT2D eigenvalue weighted by atomic mass is 10.1. The van der Waals surface area contributed by atoms with E-state index >= 15 is 0 Å². The van der Waals surface area contributed by atoms with Gasteiger partial charge >= 0.3 is 0 Å². The Labute approximate surface area is 141 Å². The van der Waals surface area contributed by atoms with E-state index in [1.165, 1.54) is 0 Å². The first-order valence-electron chi connectivity index (χ1n) is 8.14. The number of rotatable bonds is 5. The number of nitrogens with zero attached hydrogens (tertiary/aromatic N) is 2. The van der Waals surface area contributed by atoms with Crippen molar-refractivity contribution in [3.8, 4) is 0 Å². The van der Waals surface area contributed by atoms with Crippen molar-refractivity contribution in [2.24, 2.45) is 0 Å². The zero-order valence-electron chi connectivity index (χ0n) is 14.0. The van der Waals surface area contributed by atoms with Gasteiger partial charge in [-0.05, 0) is 30.2 Å². The molecule has 0 aliphatic carbocycles. The van der Waals surface area contributed by atoms with Crippen molar-refractivity contribution in [3.63, 3.8) is 0 Å². The molecule has 2 aromatic rings. The van der Waals surface area contributed by atoms with E-state index < -0.39 is 0 Å². The van der Waals surface area contributed by atoms with Crippen LogP contribution in [0.5, 0.6) is 0 Å². The van der Waals surface area contributed by atoms with E-state index in [1.54, 1.807) is 18.2 Å². The van der Waals surface area contributed by atoms with Crippen LogP contribution in [0.4, 0.5) is 0 Å². The number of aryl methyl sites for hydroxylation is 1. The van der Waals surface area contributed by atoms with Crippen molar-refractivity contribution < 1.29 is 18.7 Å². The predicted octanol–water partition coefficient (Wildman–Crippen LogP) is 2.60. The molecular formula is C18H22N2O4. The fraction of sp³-hybridized carbons (Fsp3) is 0.444. The Bertz CT molecular complexity index is 698. The minimum absolute atomic E-state index is 0.0783. The Hall–Kier alpha value is -2.18. The molecule has 0 spiro atoms. The molecule has 1 amide bonds. The fourth-order valence-electron chi connectivity index (χ4n) is 2.93. The predicted molar refractivity (Wildman–Crippen MR) is 87.6 cm³/mol. The molecule has 3 rings (SSSR count). The third-order valence-corrected chi connectivity index (χ3v) is 4.16. The van der Waals surface area contributed by atoms with Crippen LogP contribution >= 0.6 is 0 Å². The SMILES string of the molecule is CCc1cccnc1C(=O)N1CCOCC1c1ccc(COC)o1. The van der Waals surface area contributed by atoms with Gasteiger partial charge in [0.1, 0.15) is 29.9 Å². The van der Waals surface area contributed by atoms with Crippen LogP contribution < -0.4 is 0 Å². The molecule has 1 saturated heterocycles. The third-order valence-electron chi connectivity index (χ3n) is 4.16. The first kappa shape index (κ1) is 16.7. The second-order valence-electron chi connectivity index (χ2n) is 5.69. The van der Waals surface area contributed by atoms with Crippen molar-refractivity contribution in [3.05, 3.63) is 53.2 Å². The molecule has 0 aromatic carbocycles. The van der Waals surface area contributed by atoms with E-state index in [4.69, 9.17) is 13.9 Å². The highest BCUT2D eigenvalue weighted by molar-refractivity contribution is 5.94. The molecule has 3 heterocycles. The van der Waals surface area contributed by atoms with Gasteiger partial charge in [0, 0.05) is 19.9 Å². The molecule has 0 saturated carbocycles. The third kappa shape index (κ3) is 3.34. The van der Waals surface area contributed by atoms with E-state index in [2.05, 4.69) is 4.98 Å². The molecule has 1 fully saturated rings. The lowest BCUT2D eigenvalue weighted by Gasteiger charge is -2.34. The van der Waals surface area contributed by atoms with Crippen LogP contribution in [0.25, 0.3) is 0 Å². The minimum atomic E-state index is -0.247. The number of carbonyl (C=O) groups is 1. The zero-order valence-corrected chi connectivity index (χ0v) is 14.0. The van der Waals surface area contributed by atoms with Crippen LogP contribution in [0.3, 0.4) is 0 Å². The fourth-order valence-corrected chi connectivity index (χ4v) is 2.93. The van der Waals surface area contributed by atoms with Gasteiger partial charge in [-0.2, -0.15) is 0 Å². The van der Waals surface area contributed by atoms with Gasteiger partial charge in [-0.25, -0.2) is 0 Å². The maximum absolute atomic E-state index is 13.0. The smallest absolute Gasteiger partial charge is 0.273 e. The summed E-state index contributed by atoms with van der Waals surface area (Å²) in [6, 6.07) is 7.31. The first-order valence-corrected chi connectivity index (χ1v) is 8.14. The molecule has 128 valence electrons. The summed E-state index contributed by atoms with van der Waals surface area (Å²) >= 11 is 0. The molecule has 24 heavy (non-hydrogen) atoms. The molecule has 0 radical (unpaired) electrons. The second kappa shape index (κ2) is 7.59. The van der Waals surface area contributed by atoms with Gasteiger partial charge in [0.15, 0.2) is 0 Å². The van der Waals surface area contributed by atoms with Gasteiger partial charge in [-0.1, -0.05) is 13.0 Å². The quantitative estimate of drug-likeness (QED) is 0.843. The largest absolute Gasteiger partial charge is 0.461 e. The lowest BCUT2D eigenvalue weighted by molar-refractivity contribution is -0.00982. The number of furan rings is 1. The number of aromatic nitrogens is 1. The number of amides is 1. The summed E-state index contributed by atoms with van der Waals surface area (Å²) in [6.07, 6.45) is 2.42.